The van der Waals surface area contributed by atoms with E-state index in [0.717, 1.165) is 19.3 Å². The highest BCUT2D eigenvalue weighted by Crippen LogP contribution is 2.20. The van der Waals surface area contributed by atoms with Gasteiger partial charge >= 0.3 is 12.0 Å². The molecule has 2 unspecified atom stereocenters. The van der Waals surface area contributed by atoms with Crippen molar-refractivity contribution in [1.29, 1.82) is 0 Å². The van der Waals surface area contributed by atoms with Gasteiger partial charge in [-0.15, -0.1) is 0 Å². The first kappa shape index (κ1) is 14.8. The van der Waals surface area contributed by atoms with Crippen LogP contribution in [0.2, 0.25) is 0 Å². The van der Waals surface area contributed by atoms with E-state index in [1.165, 1.54) is 23.3 Å². The summed E-state index contributed by atoms with van der Waals surface area (Å²) in [7, 11) is 0. The minimum atomic E-state index is -1.06. The van der Waals surface area contributed by atoms with Crippen LogP contribution in [-0.4, -0.2) is 52.3 Å². The molecule has 20 heavy (non-hydrogen) atoms. The molecule has 1 fully saturated rings. The molecular formula is C14H22N2O4. The van der Waals surface area contributed by atoms with E-state index in [1.54, 1.807) is 0 Å². The SMILES string of the molecule is O=C(O)C1CC(O)CN1C(=O)NCCC1=CCCCC1. The van der Waals surface area contributed by atoms with Gasteiger partial charge in [0.15, 0.2) is 0 Å². The molecule has 0 saturated carbocycles. The lowest BCUT2D eigenvalue weighted by molar-refractivity contribution is -0.141. The van der Waals surface area contributed by atoms with Gasteiger partial charge in [0.1, 0.15) is 6.04 Å². The molecule has 0 spiro atoms. The number of urea groups is 1. The lowest BCUT2D eigenvalue weighted by Gasteiger charge is -2.22. The fraction of sp³-hybridized carbons (Fsp3) is 0.714. The van der Waals surface area contributed by atoms with Crippen molar-refractivity contribution in [2.45, 2.75) is 50.7 Å². The Morgan fingerprint density at radius 1 is 1.40 bits per heavy atom. The van der Waals surface area contributed by atoms with Gasteiger partial charge in [-0.2, -0.15) is 0 Å². The first-order valence-corrected chi connectivity index (χ1v) is 7.21. The minimum Gasteiger partial charge on any atom is -0.480 e. The molecule has 0 radical (unpaired) electrons. The molecule has 0 bridgehead atoms. The molecule has 0 aromatic heterocycles. The Bertz CT molecular complexity index is 408. The number of carbonyl (C=O) groups excluding carboxylic acids is 1. The van der Waals surface area contributed by atoms with Crippen LogP contribution in [0.1, 0.15) is 38.5 Å². The van der Waals surface area contributed by atoms with Crippen molar-refractivity contribution < 1.29 is 19.8 Å². The summed E-state index contributed by atoms with van der Waals surface area (Å²) in [5.74, 6) is -1.06. The van der Waals surface area contributed by atoms with Gasteiger partial charge < -0.3 is 20.4 Å². The van der Waals surface area contributed by atoms with Crippen LogP contribution in [0.4, 0.5) is 4.79 Å². The Balaban J connectivity index is 1.79. The second-order valence-electron chi connectivity index (χ2n) is 5.49. The molecule has 6 nitrogen and oxygen atoms in total. The number of carboxylic acid groups (broad SMARTS) is 1. The molecule has 112 valence electrons. The number of nitrogens with zero attached hydrogens (tertiary/aromatic N) is 1. The molecule has 0 aromatic carbocycles. The molecule has 0 aromatic rings. The van der Waals surface area contributed by atoms with E-state index in [4.69, 9.17) is 5.11 Å². The van der Waals surface area contributed by atoms with Crippen molar-refractivity contribution in [2.75, 3.05) is 13.1 Å². The van der Waals surface area contributed by atoms with Crippen molar-refractivity contribution in [1.82, 2.24) is 10.2 Å². The number of carboxylic acids is 1. The number of nitrogens with one attached hydrogen (secondary N) is 1. The van der Waals surface area contributed by atoms with Crippen molar-refractivity contribution >= 4 is 12.0 Å². The first-order valence-electron chi connectivity index (χ1n) is 7.21. The van der Waals surface area contributed by atoms with Crippen molar-refractivity contribution in [3.05, 3.63) is 11.6 Å². The summed E-state index contributed by atoms with van der Waals surface area (Å²) in [6, 6.07) is -1.32. The highest BCUT2D eigenvalue weighted by atomic mass is 16.4. The highest BCUT2D eigenvalue weighted by Gasteiger charge is 2.38. The summed E-state index contributed by atoms with van der Waals surface area (Å²) < 4.78 is 0. The van der Waals surface area contributed by atoms with E-state index >= 15 is 0 Å². The maximum atomic E-state index is 12.0. The van der Waals surface area contributed by atoms with Crippen LogP contribution in [-0.2, 0) is 4.79 Å². The van der Waals surface area contributed by atoms with E-state index in [1.807, 2.05) is 0 Å². The van der Waals surface area contributed by atoms with Crippen LogP contribution in [0.25, 0.3) is 0 Å². The summed E-state index contributed by atoms with van der Waals surface area (Å²) in [5, 5.41) is 21.3. The van der Waals surface area contributed by atoms with Gasteiger partial charge in [0.05, 0.1) is 6.10 Å². The van der Waals surface area contributed by atoms with Crippen LogP contribution in [0.15, 0.2) is 11.6 Å². The Morgan fingerprint density at radius 3 is 2.85 bits per heavy atom. The zero-order valence-electron chi connectivity index (χ0n) is 11.5. The number of hydrogen-bond acceptors (Lipinski definition) is 3. The van der Waals surface area contributed by atoms with Gasteiger partial charge in [-0.05, 0) is 32.1 Å². The van der Waals surface area contributed by atoms with Crippen molar-refractivity contribution in [2.24, 2.45) is 0 Å². The highest BCUT2D eigenvalue weighted by molar-refractivity contribution is 5.83. The monoisotopic (exact) mass is 282 g/mol. The van der Waals surface area contributed by atoms with Gasteiger partial charge in [0.2, 0.25) is 0 Å². The fourth-order valence-electron chi connectivity index (χ4n) is 2.84. The second kappa shape index (κ2) is 6.74. The topological polar surface area (TPSA) is 89.9 Å². The number of allylic oxidation sites excluding steroid dienone is 1. The van der Waals surface area contributed by atoms with Crippen molar-refractivity contribution in [3.63, 3.8) is 0 Å². The zero-order valence-corrected chi connectivity index (χ0v) is 11.5. The van der Waals surface area contributed by atoms with Crippen LogP contribution in [0.3, 0.4) is 0 Å². The predicted octanol–water partition coefficient (Wildman–Crippen LogP) is 1.11. The van der Waals surface area contributed by atoms with Gasteiger partial charge in [0.25, 0.3) is 0 Å². The van der Waals surface area contributed by atoms with Crippen LogP contribution < -0.4 is 5.32 Å². The molecule has 1 heterocycles. The Morgan fingerprint density at radius 2 is 2.20 bits per heavy atom. The van der Waals surface area contributed by atoms with Crippen LogP contribution in [0, 0.1) is 0 Å². The van der Waals surface area contributed by atoms with E-state index in [0.29, 0.717) is 6.54 Å². The summed E-state index contributed by atoms with van der Waals surface area (Å²) >= 11 is 0. The number of likely N-dealkylation sites (tertiary alicyclic amines) is 1. The average Bonchev–Trinajstić information content (AvgIpc) is 2.82. The van der Waals surface area contributed by atoms with Gasteiger partial charge in [-0.1, -0.05) is 11.6 Å². The molecule has 3 N–H and O–H groups in total. The molecule has 1 saturated heterocycles. The third-order valence-electron chi connectivity index (χ3n) is 3.93. The molecule has 2 rings (SSSR count). The lowest BCUT2D eigenvalue weighted by atomic mass is 9.97. The average molecular weight is 282 g/mol. The standard InChI is InChI=1S/C14H22N2O4/c17-11-8-12(13(18)19)16(9-11)14(20)15-7-6-10-4-2-1-3-5-10/h4,11-12,17H,1-3,5-9H2,(H,15,20)(H,18,19). The number of carbonyl (C=O) groups is 2. The second-order valence-corrected chi connectivity index (χ2v) is 5.49. The number of rotatable bonds is 4. The van der Waals surface area contributed by atoms with E-state index in [2.05, 4.69) is 11.4 Å². The van der Waals surface area contributed by atoms with Gasteiger partial charge in [0, 0.05) is 19.5 Å². The fourth-order valence-corrected chi connectivity index (χ4v) is 2.84. The van der Waals surface area contributed by atoms with E-state index < -0.39 is 24.1 Å². The number of β-amino-alcohol motifs (C(OH)–C–C–N with tert-alkyl or cyclic N) is 1. The van der Waals surface area contributed by atoms with Crippen LogP contribution >= 0.6 is 0 Å². The van der Waals surface area contributed by atoms with E-state index in [-0.39, 0.29) is 13.0 Å². The normalized spacial score (nSPS) is 26.2. The minimum absolute atomic E-state index is 0.0888. The number of aliphatic hydroxyl groups excluding tert-OH is 1. The molecule has 2 atom stereocenters. The smallest absolute Gasteiger partial charge is 0.326 e. The lowest BCUT2D eigenvalue weighted by Crippen LogP contribution is -2.46. The maximum absolute atomic E-state index is 12.0. The van der Waals surface area contributed by atoms with Crippen molar-refractivity contribution in [3.8, 4) is 0 Å². The summed E-state index contributed by atoms with van der Waals surface area (Å²) in [6.45, 7) is 0.606. The Labute approximate surface area is 118 Å². The molecular weight excluding hydrogens is 260 g/mol. The number of amides is 2. The summed E-state index contributed by atoms with van der Waals surface area (Å²) in [6.07, 6.45) is 7.06. The predicted molar refractivity (Wildman–Crippen MR) is 73.3 cm³/mol. The van der Waals surface area contributed by atoms with Gasteiger partial charge in [-0.3, -0.25) is 0 Å². The molecule has 2 amide bonds. The summed E-state index contributed by atoms with van der Waals surface area (Å²) in [5.41, 5.74) is 1.37. The first-order chi connectivity index (χ1) is 9.58. The maximum Gasteiger partial charge on any atom is 0.326 e. The number of hydrogen-bond donors (Lipinski definition) is 3. The largest absolute Gasteiger partial charge is 0.480 e. The molecule has 6 heteroatoms. The van der Waals surface area contributed by atoms with E-state index in [9.17, 15) is 14.7 Å². The molecule has 1 aliphatic heterocycles. The van der Waals surface area contributed by atoms with Gasteiger partial charge in [-0.25, -0.2) is 9.59 Å². The third kappa shape index (κ3) is 3.72. The third-order valence-corrected chi connectivity index (χ3v) is 3.93. The molecule has 1 aliphatic carbocycles. The Kier molecular flexibility index (Phi) is 5.00. The summed E-state index contributed by atoms with van der Waals surface area (Å²) in [4.78, 5) is 24.2. The van der Waals surface area contributed by atoms with Crippen LogP contribution in [0.5, 0.6) is 0 Å². The molecule has 2 aliphatic rings. The number of aliphatic hydroxyl groups is 1. The Hall–Kier alpha value is -1.56. The number of aliphatic carboxylic acids is 1. The quantitative estimate of drug-likeness (QED) is 0.674. The zero-order chi connectivity index (χ0) is 14.5.